The van der Waals surface area contributed by atoms with Crippen LogP contribution >= 0.6 is 0 Å². The standard InChI is InChI=1S/C21H23NO4/c1-12-7-13(2)19(14(3)8-12)22-20(23)15(4)26-21(24)16-5-6-17-10-25-11-18(17)9-16/h5-9,15H,10-11H2,1-4H3,(H,22,23)/t15-/m1/s1. The minimum absolute atomic E-state index is 0.349. The van der Waals surface area contributed by atoms with Crippen molar-refractivity contribution in [3.8, 4) is 0 Å². The lowest BCUT2D eigenvalue weighted by Gasteiger charge is -2.17. The van der Waals surface area contributed by atoms with E-state index in [-0.39, 0.29) is 5.91 Å². The second-order valence-corrected chi connectivity index (χ2v) is 6.79. The van der Waals surface area contributed by atoms with E-state index in [1.165, 1.54) is 0 Å². The van der Waals surface area contributed by atoms with Crippen LogP contribution in [0.5, 0.6) is 0 Å². The largest absolute Gasteiger partial charge is 0.449 e. The summed E-state index contributed by atoms with van der Waals surface area (Å²) in [5, 5.41) is 2.87. The van der Waals surface area contributed by atoms with E-state index in [1.54, 1.807) is 19.1 Å². The Labute approximate surface area is 153 Å². The van der Waals surface area contributed by atoms with Crippen LogP contribution in [-0.2, 0) is 27.5 Å². The molecule has 2 aromatic rings. The van der Waals surface area contributed by atoms with E-state index in [2.05, 4.69) is 5.32 Å². The Balaban J connectivity index is 1.67. The van der Waals surface area contributed by atoms with Crippen molar-refractivity contribution < 1.29 is 19.1 Å². The number of carbonyl (C=O) groups is 2. The maximum atomic E-state index is 12.4. The Morgan fingerprint density at radius 1 is 1.04 bits per heavy atom. The Hall–Kier alpha value is -2.66. The summed E-state index contributed by atoms with van der Waals surface area (Å²) in [6, 6.07) is 9.35. The van der Waals surface area contributed by atoms with Crippen molar-refractivity contribution in [1.82, 2.24) is 0 Å². The van der Waals surface area contributed by atoms with E-state index >= 15 is 0 Å². The van der Waals surface area contributed by atoms with E-state index in [0.717, 1.165) is 33.5 Å². The molecule has 3 rings (SSSR count). The SMILES string of the molecule is Cc1cc(C)c(NC(=O)[C@@H](C)OC(=O)c2ccc3c(c2)COC3)c(C)c1. The fourth-order valence-corrected chi connectivity index (χ4v) is 3.18. The number of ether oxygens (including phenoxy) is 2. The number of amides is 1. The van der Waals surface area contributed by atoms with Gasteiger partial charge in [-0.25, -0.2) is 4.79 Å². The fraction of sp³-hybridized carbons (Fsp3) is 0.333. The van der Waals surface area contributed by atoms with Crippen LogP contribution in [0.25, 0.3) is 0 Å². The lowest BCUT2D eigenvalue weighted by molar-refractivity contribution is -0.123. The molecule has 26 heavy (non-hydrogen) atoms. The third-order valence-corrected chi connectivity index (χ3v) is 4.54. The molecule has 0 radical (unpaired) electrons. The minimum Gasteiger partial charge on any atom is -0.449 e. The number of esters is 1. The van der Waals surface area contributed by atoms with Gasteiger partial charge in [-0.2, -0.15) is 0 Å². The van der Waals surface area contributed by atoms with Crippen LogP contribution in [0.2, 0.25) is 0 Å². The predicted molar refractivity (Wildman–Crippen MR) is 99.1 cm³/mol. The molecule has 0 spiro atoms. The molecule has 1 aliphatic heterocycles. The molecule has 2 aromatic carbocycles. The second-order valence-electron chi connectivity index (χ2n) is 6.79. The van der Waals surface area contributed by atoms with Gasteiger partial charge in [0.05, 0.1) is 18.8 Å². The molecule has 0 aliphatic carbocycles. The Morgan fingerprint density at radius 2 is 1.69 bits per heavy atom. The van der Waals surface area contributed by atoms with Crippen LogP contribution in [0, 0.1) is 20.8 Å². The van der Waals surface area contributed by atoms with Crippen molar-refractivity contribution in [2.24, 2.45) is 0 Å². The van der Waals surface area contributed by atoms with Crippen molar-refractivity contribution in [3.05, 3.63) is 63.7 Å². The molecular formula is C21H23NO4. The van der Waals surface area contributed by atoms with Crippen LogP contribution in [-0.4, -0.2) is 18.0 Å². The summed E-state index contributed by atoms with van der Waals surface area (Å²) in [4.78, 5) is 24.8. The van der Waals surface area contributed by atoms with Crippen LogP contribution in [0.4, 0.5) is 5.69 Å². The highest BCUT2D eigenvalue weighted by atomic mass is 16.5. The molecule has 1 atom stereocenters. The molecule has 1 aliphatic rings. The number of nitrogens with one attached hydrogen (secondary N) is 1. The van der Waals surface area contributed by atoms with Crippen LogP contribution < -0.4 is 5.32 Å². The molecule has 0 aromatic heterocycles. The van der Waals surface area contributed by atoms with Gasteiger partial charge in [-0.05, 0) is 62.1 Å². The van der Waals surface area contributed by atoms with E-state index in [4.69, 9.17) is 9.47 Å². The van der Waals surface area contributed by atoms with Crippen molar-refractivity contribution in [2.75, 3.05) is 5.32 Å². The third-order valence-electron chi connectivity index (χ3n) is 4.54. The number of rotatable bonds is 4. The second kappa shape index (κ2) is 7.30. The number of carbonyl (C=O) groups excluding carboxylic acids is 2. The number of anilines is 1. The molecule has 5 heteroatoms. The zero-order chi connectivity index (χ0) is 18.8. The molecule has 0 unspecified atom stereocenters. The zero-order valence-electron chi connectivity index (χ0n) is 15.5. The van der Waals surface area contributed by atoms with Gasteiger partial charge in [-0.15, -0.1) is 0 Å². The maximum absolute atomic E-state index is 12.4. The lowest BCUT2D eigenvalue weighted by Crippen LogP contribution is -2.30. The minimum atomic E-state index is -0.896. The van der Waals surface area contributed by atoms with Gasteiger partial charge in [0.1, 0.15) is 0 Å². The molecule has 136 valence electrons. The third kappa shape index (κ3) is 3.78. The summed E-state index contributed by atoms with van der Waals surface area (Å²) in [6.07, 6.45) is -0.896. The lowest BCUT2D eigenvalue weighted by atomic mass is 10.0. The summed E-state index contributed by atoms with van der Waals surface area (Å²) in [6.45, 7) is 8.54. The van der Waals surface area contributed by atoms with Gasteiger partial charge < -0.3 is 14.8 Å². The summed E-state index contributed by atoms with van der Waals surface area (Å²) in [5.74, 6) is -0.863. The molecule has 0 fully saturated rings. The number of hydrogen-bond acceptors (Lipinski definition) is 4. The topological polar surface area (TPSA) is 64.6 Å². The first-order valence-corrected chi connectivity index (χ1v) is 8.64. The van der Waals surface area contributed by atoms with Crippen molar-refractivity contribution in [3.63, 3.8) is 0 Å². The first-order valence-electron chi connectivity index (χ1n) is 8.64. The Bertz CT molecular complexity index is 849. The Morgan fingerprint density at radius 3 is 2.38 bits per heavy atom. The molecule has 0 saturated heterocycles. The Kier molecular flexibility index (Phi) is 5.09. The fourth-order valence-electron chi connectivity index (χ4n) is 3.18. The summed E-state index contributed by atoms with van der Waals surface area (Å²) in [5.41, 5.74) is 6.36. The monoisotopic (exact) mass is 353 g/mol. The smallest absolute Gasteiger partial charge is 0.338 e. The van der Waals surface area contributed by atoms with Crippen molar-refractivity contribution in [1.29, 1.82) is 0 Å². The van der Waals surface area contributed by atoms with E-state index in [1.807, 2.05) is 39.0 Å². The molecule has 0 bridgehead atoms. The van der Waals surface area contributed by atoms with Gasteiger partial charge in [0.15, 0.2) is 6.10 Å². The number of hydrogen-bond donors (Lipinski definition) is 1. The van der Waals surface area contributed by atoms with Gasteiger partial charge in [0.25, 0.3) is 5.91 Å². The molecular weight excluding hydrogens is 330 g/mol. The van der Waals surface area contributed by atoms with Gasteiger partial charge in [0, 0.05) is 5.69 Å². The molecule has 0 saturated carbocycles. The summed E-state index contributed by atoms with van der Waals surface area (Å²) in [7, 11) is 0. The highest BCUT2D eigenvalue weighted by Crippen LogP contribution is 2.23. The molecule has 1 amide bonds. The first kappa shape index (κ1) is 18.1. The number of aryl methyl sites for hydroxylation is 3. The highest BCUT2D eigenvalue weighted by Gasteiger charge is 2.21. The molecule has 5 nitrogen and oxygen atoms in total. The predicted octanol–water partition coefficient (Wildman–Crippen LogP) is 3.83. The van der Waals surface area contributed by atoms with Gasteiger partial charge in [-0.1, -0.05) is 23.8 Å². The van der Waals surface area contributed by atoms with E-state index in [9.17, 15) is 9.59 Å². The van der Waals surface area contributed by atoms with Crippen molar-refractivity contribution in [2.45, 2.75) is 47.0 Å². The average Bonchev–Trinajstić information content (AvgIpc) is 3.05. The molecule has 1 heterocycles. The quantitative estimate of drug-likeness (QED) is 0.849. The van der Waals surface area contributed by atoms with Gasteiger partial charge in [-0.3, -0.25) is 4.79 Å². The van der Waals surface area contributed by atoms with Crippen molar-refractivity contribution >= 4 is 17.6 Å². The van der Waals surface area contributed by atoms with Crippen LogP contribution in [0.15, 0.2) is 30.3 Å². The normalized spacial score (nSPS) is 13.8. The maximum Gasteiger partial charge on any atom is 0.338 e. The molecule has 1 N–H and O–H groups in total. The average molecular weight is 353 g/mol. The summed E-state index contributed by atoms with van der Waals surface area (Å²) < 4.78 is 10.7. The van der Waals surface area contributed by atoms with Gasteiger partial charge in [0.2, 0.25) is 0 Å². The van der Waals surface area contributed by atoms with Gasteiger partial charge >= 0.3 is 5.97 Å². The first-order chi connectivity index (χ1) is 12.3. The number of fused-ring (bicyclic) bond motifs is 1. The van der Waals surface area contributed by atoms with E-state index in [0.29, 0.717) is 18.8 Å². The number of benzene rings is 2. The van der Waals surface area contributed by atoms with Crippen LogP contribution in [0.1, 0.15) is 45.1 Å². The summed E-state index contributed by atoms with van der Waals surface area (Å²) >= 11 is 0. The highest BCUT2D eigenvalue weighted by molar-refractivity contribution is 5.98. The zero-order valence-corrected chi connectivity index (χ0v) is 15.5. The van der Waals surface area contributed by atoms with Crippen LogP contribution in [0.3, 0.4) is 0 Å². The van der Waals surface area contributed by atoms with E-state index < -0.39 is 12.1 Å².